The minimum absolute atomic E-state index is 0.00366. The Morgan fingerprint density at radius 2 is 2.31 bits per heavy atom. The Hall–Kier alpha value is -1.85. The summed E-state index contributed by atoms with van der Waals surface area (Å²) >= 11 is 0. The zero-order chi connectivity index (χ0) is 9.84. The number of ether oxygens (including phenoxy) is 1. The monoisotopic (exact) mass is 182 g/mol. The summed E-state index contributed by atoms with van der Waals surface area (Å²) < 4.78 is 4.69. The number of nitrogens with two attached hydrogens (primary N) is 2. The molecule has 1 aromatic rings. The zero-order valence-corrected chi connectivity index (χ0v) is 7.15. The van der Waals surface area contributed by atoms with E-state index >= 15 is 0 Å². The maximum atomic E-state index is 11.1. The van der Waals surface area contributed by atoms with Crippen LogP contribution in [0.1, 0.15) is 17.4 Å². The molecule has 13 heavy (non-hydrogen) atoms. The van der Waals surface area contributed by atoms with Crippen LogP contribution in [0.4, 0.5) is 11.6 Å². The SMILES string of the molecule is CCOC(=O)c1ncc(N)nc1N. The third kappa shape index (κ3) is 2.05. The number of carbonyl (C=O) groups is 1. The molecule has 0 bridgehead atoms. The summed E-state index contributed by atoms with van der Waals surface area (Å²) in [7, 11) is 0. The first-order valence-electron chi connectivity index (χ1n) is 3.70. The van der Waals surface area contributed by atoms with E-state index in [9.17, 15) is 4.79 Å². The van der Waals surface area contributed by atoms with Crippen molar-refractivity contribution in [2.45, 2.75) is 6.92 Å². The Morgan fingerprint density at radius 1 is 1.62 bits per heavy atom. The van der Waals surface area contributed by atoms with Crippen molar-refractivity contribution in [1.82, 2.24) is 9.97 Å². The lowest BCUT2D eigenvalue weighted by Gasteiger charge is -2.03. The van der Waals surface area contributed by atoms with E-state index in [0.717, 1.165) is 0 Å². The first-order chi connectivity index (χ1) is 6.15. The lowest BCUT2D eigenvalue weighted by molar-refractivity contribution is 0.0520. The van der Waals surface area contributed by atoms with Crippen molar-refractivity contribution < 1.29 is 9.53 Å². The molecule has 0 spiro atoms. The van der Waals surface area contributed by atoms with Gasteiger partial charge in [0.05, 0.1) is 12.8 Å². The average molecular weight is 182 g/mol. The number of aromatic nitrogens is 2. The highest BCUT2D eigenvalue weighted by atomic mass is 16.5. The summed E-state index contributed by atoms with van der Waals surface area (Å²) in [5, 5.41) is 0. The topological polar surface area (TPSA) is 104 Å². The standard InChI is InChI=1S/C7H10N4O2/c1-2-13-7(12)5-6(9)11-4(8)3-10-5/h3H,2H2,1H3,(H4,8,9,11). The highest BCUT2D eigenvalue weighted by molar-refractivity contribution is 5.91. The fraction of sp³-hybridized carbons (Fsp3) is 0.286. The molecule has 6 nitrogen and oxygen atoms in total. The second kappa shape index (κ2) is 3.70. The van der Waals surface area contributed by atoms with E-state index in [1.807, 2.05) is 0 Å². The van der Waals surface area contributed by atoms with E-state index < -0.39 is 5.97 Å². The van der Waals surface area contributed by atoms with Crippen LogP contribution in [0.5, 0.6) is 0 Å². The Labute approximate surface area is 74.9 Å². The molecule has 70 valence electrons. The van der Waals surface area contributed by atoms with Crippen LogP contribution in [-0.4, -0.2) is 22.5 Å². The third-order valence-electron chi connectivity index (χ3n) is 1.29. The predicted molar refractivity (Wildman–Crippen MR) is 46.8 cm³/mol. The Balaban J connectivity index is 2.95. The molecule has 0 radical (unpaired) electrons. The number of nitrogens with zero attached hydrogens (tertiary/aromatic N) is 2. The molecule has 0 atom stereocenters. The minimum Gasteiger partial charge on any atom is -0.461 e. The summed E-state index contributed by atoms with van der Waals surface area (Å²) in [6.07, 6.45) is 1.25. The largest absolute Gasteiger partial charge is 0.461 e. The number of anilines is 2. The molecule has 0 aliphatic rings. The van der Waals surface area contributed by atoms with Crippen LogP contribution in [0.2, 0.25) is 0 Å². The quantitative estimate of drug-likeness (QED) is 0.614. The Bertz CT molecular complexity index is 326. The van der Waals surface area contributed by atoms with Gasteiger partial charge >= 0.3 is 5.97 Å². The molecule has 0 saturated heterocycles. The second-order valence-electron chi connectivity index (χ2n) is 2.25. The first-order valence-corrected chi connectivity index (χ1v) is 3.70. The number of rotatable bonds is 2. The van der Waals surface area contributed by atoms with Gasteiger partial charge in [0, 0.05) is 0 Å². The second-order valence-corrected chi connectivity index (χ2v) is 2.25. The van der Waals surface area contributed by atoms with Crippen LogP contribution in [0.3, 0.4) is 0 Å². The Morgan fingerprint density at radius 3 is 2.85 bits per heavy atom. The van der Waals surface area contributed by atoms with Crippen molar-refractivity contribution in [3.63, 3.8) is 0 Å². The molecular formula is C7H10N4O2. The maximum absolute atomic E-state index is 11.1. The summed E-state index contributed by atoms with van der Waals surface area (Å²) in [5.41, 5.74) is 10.7. The molecule has 0 amide bonds. The molecule has 0 aliphatic carbocycles. The molecule has 1 heterocycles. The number of hydrogen-bond acceptors (Lipinski definition) is 6. The average Bonchev–Trinajstić information content (AvgIpc) is 2.04. The predicted octanol–water partition coefficient (Wildman–Crippen LogP) is -0.182. The van der Waals surface area contributed by atoms with Crippen molar-refractivity contribution in [2.24, 2.45) is 0 Å². The van der Waals surface area contributed by atoms with Gasteiger partial charge in [0.1, 0.15) is 5.82 Å². The molecule has 0 saturated carbocycles. The number of carbonyl (C=O) groups excluding carboxylic acids is 1. The Kier molecular flexibility index (Phi) is 2.63. The molecule has 0 aromatic carbocycles. The van der Waals surface area contributed by atoms with Crippen LogP contribution in [-0.2, 0) is 4.74 Å². The molecule has 0 unspecified atom stereocenters. The van der Waals surface area contributed by atoms with Gasteiger partial charge < -0.3 is 16.2 Å². The first kappa shape index (κ1) is 9.24. The van der Waals surface area contributed by atoms with E-state index in [0.29, 0.717) is 0 Å². The van der Waals surface area contributed by atoms with Crippen molar-refractivity contribution in [3.05, 3.63) is 11.9 Å². The lowest BCUT2D eigenvalue weighted by atomic mass is 10.4. The van der Waals surface area contributed by atoms with E-state index in [4.69, 9.17) is 11.5 Å². The van der Waals surface area contributed by atoms with Crippen LogP contribution in [0.15, 0.2) is 6.20 Å². The summed E-state index contributed by atoms with van der Waals surface area (Å²) in [4.78, 5) is 18.5. The van der Waals surface area contributed by atoms with Crippen molar-refractivity contribution in [1.29, 1.82) is 0 Å². The van der Waals surface area contributed by atoms with Crippen molar-refractivity contribution in [3.8, 4) is 0 Å². The minimum atomic E-state index is -0.590. The van der Waals surface area contributed by atoms with Gasteiger partial charge in [-0.05, 0) is 6.92 Å². The van der Waals surface area contributed by atoms with Crippen LogP contribution in [0.25, 0.3) is 0 Å². The summed E-state index contributed by atoms with van der Waals surface area (Å²) in [6, 6.07) is 0. The fourth-order valence-electron chi connectivity index (χ4n) is 0.774. The van der Waals surface area contributed by atoms with E-state index in [2.05, 4.69) is 14.7 Å². The van der Waals surface area contributed by atoms with Gasteiger partial charge in [-0.25, -0.2) is 14.8 Å². The van der Waals surface area contributed by atoms with E-state index in [1.165, 1.54) is 6.20 Å². The number of hydrogen-bond donors (Lipinski definition) is 2. The maximum Gasteiger partial charge on any atom is 0.360 e. The third-order valence-corrected chi connectivity index (χ3v) is 1.29. The lowest BCUT2D eigenvalue weighted by Crippen LogP contribution is -2.12. The zero-order valence-electron chi connectivity index (χ0n) is 7.15. The van der Waals surface area contributed by atoms with Gasteiger partial charge in [-0.2, -0.15) is 0 Å². The highest BCUT2D eigenvalue weighted by Crippen LogP contribution is 2.08. The molecule has 1 aromatic heterocycles. The van der Waals surface area contributed by atoms with Crippen molar-refractivity contribution in [2.75, 3.05) is 18.1 Å². The molecule has 4 N–H and O–H groups in total. The molecular weight excluding hydrogens is 172 g/mol. The molecule has 6 heteroatoms. The summed E-state index contributed by atoms with van der Waals surface area (Å²) in [5.74, 6) is -0.434. The van der Waals surface area contributed by atoms with Gasteiger partial charge in [-0.3, -0.25) is 0 Å². The summed E-state index contributed by atoms with van der Waals surface area (Å²) in [6.45, 7) is 1.96. The highest BCUT2D eigenvalue weighted by Gasteiger charge is 2.13. The van der Waals surface area contributed by atoms with Gasteiger partial charge in [-0.15, -0.1) is 0 Å². The van der Waals surface area contributed by atoms with Crippen molar-refractivity contribution >= 4 is 17.6 Å². The smallest absolute Gasteiger partial charge is 0.360 e. The molecule has 0 aliphatic heterocycles. The van der Waals surface area contributed by atoms with E-state index in [-0.39, 0.29) is 23.9 Å². The van der Waals surface area contributed by atoms with Crippen LogP contribution < -0.4 is 11.5 Å². The normalized spacial score (nSPS) is 9.62. The van der Waals surface area contributed by atoms with E-state index in [1.54, 1.807) is 6.92 Å². The number of nitrogen functional groups attached to an aromatic ring is 2. The van der Waals surface area contributed by atoms with Gasteiger partial charge in [0.15, 0.2) is 11.5 Å². The molecule has 1 rings (SSSR count). The van der Waals surface area contributed by atoms with Crippen LogP contribution in [0, 0.1) is 0 Å². The van der Waals surface area contributed by atoms with Gasteiger partial charge in [-0.1, -0.05) is 0 Å². The number of esters is 1. The van der Waals surface area contributed by atoms with Crippen LogP contribution >= 0.6 is 0 Å². The van der Waals surface area contributed by atoms with Gasteiger partial charge in [0.2, 0.25) is 0 Å². The fourth-order valence-corrected chi connectivity index (χ4v) is 0.774. The molecule has 0 fully saturated rings. The van der Waals surface area contributed by atoms with Gasteiger partial charge in [0.25, 0.3) is 0 Å².